The van der Waals surface area contributed by atoms with Crippen LogP contribution >= 0.6 is 0 Å². The van der Waals surface area contributed by atoms with Crippen molar-refractivity contribution in [3.05, 3.63) is 34.6 Å². The van der Waals surface area contributed by atoms with E-state index in [1.165, 1.54) is 7.11 Å². The molecule has 1 aromatic heterocycles. The summed E-state index contributed by atoms with van der Waals surface area (Å²) in [4.78, 5) is 17.6. The topological polar surface area (TPSA) is 101 Å². The van der Waals surface area contributed by atoms with E-state index in [0.29, 0.717) is 17.0 Å². The standard InChI is InChI=1S/C11H11N3O3/c1-17-8-3-2-6(12)4-7(8)11-13-9(15)5-10(16)14-11/h2-5H,12H2,1H3,(H2,13,14,15,16). The Bertz CT molecular complexity index is 607. The second kappa shape index (κ2) is 4.17. The van der Waals surface area contributed by atoms with Crippen molar-refractivity contribution in [2.75, 3.05) is 12.8 Å². The molecule has 0 aliphatic carbocycles. The molecule has 0 aliphatic heterocycles. The fourth-order valence-corrected chi connectivity index (χ4v) is 1.48. The third-order valence-corrected chi connectivity index (χ3v) is 2.21. The molecule has 0 amide bonds. The third-order valence-electron chi connectivity index (χ3n) is 2.21. The van der Waals surface area contributed by atoms with Crippen LogP contribution in [0.3, 0.4) is 0 Å². The van der Waals surface area contributed by atoms with Crippen molar-refractivity contribution in [2.24, 2.45) is 0 Å². The lowest BCUT2D eigenvalue weighted by atomic mass is 10.1. The molecule has 0 atom stereocenters. The van der Waals surface area contributed by atoms with Crippen LogP contribution in [0, 0.1) is 0 Å². The molecule has 6 nitrogen and oxygen atoms in total. The number of hydrogen-bond acceptors (Lipinski definition) is 5. The summed E-state index contributed by atoms with van der Waals surface area (Å²) >= 11 is 0. The van der Waals surface area contributed by atoms with Crippen LogP contribution in [0.15, 0.2) is 29.1 Å². The zero-order valence-electron chi connectivity index (χ0n) is 9.10. The van der Waals surface area contributed by atoms with Crippen LogP contribution in [-0.2, 0) is 0 Å². The van der Waals surface area contributed by atoms with Crippen LogP contribution in [-0.4, -0.2) is 22.2 Å². The van der Waals surface area contributed by atoms with Gasteiger partial charge in [-0.05, 0) is 18.2 Å². The van der Waals surface area contributed by atoms with Gasteiger partial charge in [0.1, 0.15) is 11.6 Å². The first-order valence-electron chi connectivity index (χ1n) is 4.84. The normalized spacial score (nSPS) is 10.2. The summed E-state index contributed by atoms with van der Waals surface area (Å²) in [5.74, 6) is 0.361. The number of methoxy groups -OCH3 is 1. The predicted molar refractivity (Wildman–Crippen MR) is 62.9 cm³/mol. The molecule has 17 heavy (non-hydrogen) atoms. The number of nitrogens with two attached hydrogens (primary N) is 1. The number of aromatic nitrogens is 2. The van der Waals surface area contributed by atoms with E-state index in [9.17, 15) is 9.90 Å². The first kappa shape index (κ1) is 11.0. The van der Waals surface area contributed by atoms with Gasteiger partial charge in [-0.2, -0.15) is 4.98 Å². The van der Waals surface area contributed by atoms with Gasteiger partial charge in [0, 0.05) is 5.69 Å². The van der Waals surface area contributed by atoms with Crippen LogP contribution in [0.1, 0.15) is 0 Å². The van der Waals surface area contributed by atoms with Gasteiger partial charge in [-0.1, -0.05) is 0 Å². The van der Waals surface area contributed by atoms with E-state index < -0.39 is 5.56 Å². The van der Waals surface area contributed by atoms with Crippen LogP contribution in [0.25, 0.3) is 11.4 Å². The molecule has 6 heteroatoms. The van der Waals surface area contributed by atoms with Crippen LogP contribution in [0.2, 0.25) is 0 Å². The summed E-state index contributed by atoms with van der Waals surface area (Å²) in [7, 11) is 1.50. The Hall–Kier alpha value is -2.50. The zero-order chi connectivity index (χ0) is 12.4. The number of nitrogens with zero attached hydrogens (tertiary/aromatic N) is 1. The van der Waals surface area contributed by atoms with E-state index in [-0.39, 0.29) is 11.7 Å². The van der Waals surface area contributed by atoms with Crippen molar-refractivity contribution in [1.29, 1.82) is 0 Å². The third kappa shape index (κ3) is 2.20. The van der Waals surface area contributed by atoms with E-state index >= 15 is 0 Å². The molecule has 0 saturated carbocycles. The number of nitrogen functional groups attached to an aromatic ring is 1. The molecule has 0 bridgehead atoms. The summed E-state index contributed by atoms with van der Waals surface area (Å²) in [6.07, 6.45) is 0. The van der Waals surface area contributed by atoms with Crippen molar-refractivity contribution in [3.63, 3.8) is 0 Å². The number of aromatic hydroxyl groups is 1. The van der Waals surface area contributed by atoms with Gasteiger partial charge in [-0.15, -0.1) is 0 Å². The molecular weight excluding hydrogens is 222 g/mol. The molecule has 88 valence electrons. The number of anilines is 1. The van der Waals surface area contributed by atoms with E-state index in [4.69, 9.17) is 10.5 Å². The first-order chi connectivity index (χ1) is 8.10. The lowest BCUT2D eigenvalue weighted by Crippen LogP contribution is -2.07. The summed E-state index contributed by atoms with van der Waals surface area (Å²) in [5, 5.41) is 9.28. The maximum absolute atomic E-state index is 11.2. The van der Waals surface area contributed by atoms with Crippen LogP contribution in [0.5, 0.6) is 11.6 Å². The highest BCUT2D eigenvalue weighted by Gasteiger charge is 2.10. The summed E-state index contributed by atoms with van der Waals surface area (Å²) < 4.78 is 5.14. The average molecular weight is 233 g/mol. The number of benzene rings is 1. The van der Waals surface area contributed by atoms with Crippen LogP contribution in [0.4, 0.5) is 5.69 Å². The lowest BCUT2D eigenvalue weighted by molar-refractivity contribution is 0.415. The Labute approximate surface area is 96.7 Å². The van der Waals surface area contributed by atoms with Crippen molar-refractivity contribution in [3.8, 4) is 23.0 Å². The predicted octanol–water partition coefficient (Wildman–Crippen LogP) is 0.733. The monoisotopic (exact) mass is 233 g/mol. The molecule has 0 radical (unpaired) electrons. The van der Waals surface area contributed by atoms with Crippen molar-refractivity contribution in [1.82, 2.24) is 9.97 Å². The minimum absolute atomic E-state index is 0.208. The highest BCUT2D eigenvalue weighted by atomic mass is 16.5. The maximum atomic E-state index is 11.2. The van der Waals surface area contributed by atoms with Gasteiger partial charge < -0.3 is 20.6 Å². The van der Waals surface area contributed by atoms with Crippen molar-refractivity contribution >= 4 is 5.69 Å². The van der Waals surface area contributed by atoms with Gasteiger partial charge in [0.2, 0.25) is 5.88 Å². The van der Waals surface area contributed by atoms with E-state index in [0.717, 1.165) is 6.07 Å². The summed E-state index contributed by atoms with van der Waals surface area (Å²) in [6.45, 7) is 0. The molecule has 0 spiro atoms. The highest BCUT2D eigenvalue weighted by molar-refractivity contribution is 5.68. The number of nitrogens with one attached hydrogen (secondary N) is 1. The van der Waals surface area contributed by atoms with Gasteiger partial charge in [-0.3, -0.25) is 4.79 Å². The Morgan fingerprint density at radius 1 is 1.41 bits per heavy atom. The number of H-pyrrole nitrogens is 1. The number of rotatable bonds is 2. The largest absolute Gasteiger partial charge is 0.496 e. The van der Waals surface area contributed by atoms with Gasteiger partial charge in [-0.25, -0.2) is 0 Å². The molecule has 2 aromatic rings. The van der Waals surface area contributed by atoms with Gasteiger partial charge in [0.25, 0.3) is 5.56 Å². The summed E-state index contributed by atoms with van der Waals surface area (Å²) in [6, 6.07) is 5.93. The second-order valence-electron chi connectivity index (χ2n) is 3.41. The van der Waals surface area contributed by atoms with Gasteiger partial charge >= 0.3 is 0 Å². The molecule has 1 aromatic carbocycles. The lowest BCUT2D eigenvalue weighted by Gasteiger charge is -2.08. The minimum Gasteiger partial charge on any atom is -0.496 e. The van der Waals surface area contributed by atoms with Crippen LogP contribution < -0.4 is 16.0 Å². The first-order valence-corrected chi connectivity index (χ1v) is 4.84. The Balaban J connectivity index is 2.66. The Morgan fingerprint density at radius 3 is 2.82 bits per heavy atom. The van der Waals surface area contributed by atoms with Crippen molar-refractivity contribution < 1.29 is 9.84 Å². The average Bonchev–Trinajstić information content (AvgIpc) is 2.27. The quantitative estimate of drug-likeness (QED) is 0.664. The highest BCUT2D eigenvalue weighted by Crippen LogP contribution is 2.29. The molecular formula is C11H11N3O3. The van der Waals surface area contributed by atoms with E-state index in [2.05, 4.69) is 9.97 Å². The Morgan fingerprint density at radius 2 is 2.18 bits per heavy atom. The molecule has 0 saturated heterocycles. The molecule has 1 heterocycles. The second-order valence-corrected chi connectivity index (χ2v) is 3.41. The number of ether oxygens (including phenoxy) is 1. The zero-order valence-corrected chi connectivity index (χ0v) is 9.10. The fraction of sp³-hybridized carbons (Fsp3) is 0.0909. The smallest absolute Gasteiger partial charge is 0.254 e. The molecule has 4 N–H and O–H groups in total. The maximum Gasteiger partial charge on any atom is 0.254 e. The SMILES string of the molecule is COc1ccc(N)cc1-c1nc(O)cc(=O)[nH]1. The number of aromatic amines is 1. The van der Waals surface area contributed by atoms with Crippen molar-refractivity contribution in [2.45, 2.75) is 0 Å². The molecule has 0 fully saturated rings. The molecule has 0 unspecified atom stereocenters. The summed E-state index contributed by atoms with van der Waals surface area (Å²) in [5.41, 5.74) is 6.23. The minimum atomic E-state index is -0.447. The van der Waals surface area contributed by atoms with E-state index in [1.54, 1.807) is 18.2 Å². The van der Waals surface area contributed by atoms with Gasteiger partial charge in [0.05, 0.1) is 18.7 Å². The molecule has 2 rings (SSSR count). The van der Waals surface area contributed by atoms with Gasteiger partial charge in [0.15, 0.2) is 0 Å². The number of hydrogen-bond donors (Lipinski definition) is 3. The fourth-order valence-electron chi connectivity index (χ4n) is 1.48. The molecule has 0 aliphatic rings. The Kier molecular flexibility index (Phi) is 2.70. The van der Waals surface area contributed by atoms with E-state index in [1.807, 2.05) is 0 Å².